The molecule has 1 unspecified atom stereocenters. The molecule has 0 spiro atoms. The molecule has 0 bridgehead atoms. The first-order valence-electron chi connectivity index (χ1n) is 16.5. The molecule has 4 rings (SSSR count). The highest BCUT2D eigenvalue weighted by molar-refractivity contribution is 6.33. The van der Waals surface area contributed by atoms with Crippen LogP contribution in [0, 0.1) is 17.1 Å². The Morgan fingerprint density at radius 2 is 1.77 bits per heavy atom. The second-order valence-electron chi connectivity index (χ2n) is 13.1. The first-order chi connectivity index (χ1) is 22.9. The molecule has 0 aromatic heterocycles. The quantitative estimate of drug-likeness (QED) is 0.203. The highest BCUT2D eigenvalue weighted by Gasteiger charge is 2.34. The summed E-state index contributed by atoms with van der Waals surface area (Å²) in [4.78, 5) is 28.0. The van der Waals surface area contributed by atoms with Crippen molar-refractivity contribution in [1.29, 1.82) is 5.26 Å². The van der Waals surface area contributed by atoms with Gasteiger partial charge in [0.2, 0.25) is 0 Å². The number of unbranched alkanes of at least 4 members (excludes halogenated alkanes) is 1. The van der Waals surface area contributed by atoms with Gasteiger partial charge in [0.15, 0.2) is 11.6 Å². The molecule has 0 heterocycles. The number of methoxy groups -OCH3 is 1. The third kappa shape index (κ3) is 9.41. The van der Waals surface area contributed by atoms with Crippen molar-refractivity contribution < 1.29 is 28.2 Å². The molecule has 1 aliphatic rings. The SMILES string of the molecule is CCCCOC(=O)N(CC(c1ccccc1)c1ccc(Cl)c(-c2c(C#N)ccc(OC)c2F)c1)C1CCC(NC(=O)OC(C)(C)C)CC1. The molecule has 1 N–H and O–H groups in total. The number of rotatable bonds is 11. The summed E-state index contributed by atoms with van der Waals surface area (Å²) < 4.78 is 32.1. The monoisotopic (exact) mass is 677 g/mol. The highest BCUT2D eigenvalue weighted by atomic mass is 35.5. The first-order valence-corrected chi connectivity index (χ1v) is 16.9. The van der Waals surface area contributed by atoms with E-state index in [0.29, 0.717) is 37.9 Å². The lowest BCUT2D eigenvalue weighted by molar-refractivity contribution is 0.0458. The van der Waals surface area contributed by atoms with Gasteiger partial charge in [-0.15, -0.1) is 0 Å². The molecule has 1 aliphatic carbocycles. The van der Waals surface area contributed by atoms with Crippen LogP contribution in [-0.4, -0.2) is 55.0 Å². The summed E-state index contributed by atoms with van der Waals surface area (Å²) in [6.07, 6.45) is 3.48. The van der Waals surface area contributed by atoms with Gasteiger partial charge >= 0.3 is 12.2 Å². The van der Waals surface area contributed by atoms with Crippen LogP contribution in [0.15, 0.2) is 60.7 Å². The van der Waals surface area contributed by atoms with Gasteiger partial charge in [0.05, 0.1) is 25.3 Å². The van der Waals surface area contributed by atoms with E-state index >= 15 is 4.39 Å². The molecule has 0 radical (unpaired) electrons. The number of hydrogen-bond donors (Lipinski definition) is 1. The van der Waals surface area contributed by atoms with Crippen LogP contribution in [0.2, 0.25) is 5.02 Å². The maximum Gasteiger partial charge on any atom is 0.410 e. The molecule has 1 atom stereocenters. The van der Waals surface area contributed by atoms with Gasteiger partial charge in [-0.1, -0.05) is 61.3 Å². The molecule has 2 amide bonds. The Morgan fingerprint density at radius 1 is 1.06 bits per heavy atom. The Morgan fingerprint density at radius 3 is 2.40 bits per heavy atom. The van der Waals surface area contributed by atoms with Crippen molar-refractivity contribution in [2.24, 2.45) is 0 Å². The zero-order chi connectivity index (χ0) is 34.8. The molecule has 0 saturated heterocycles. The Labute approximate surface area is 288 Å². The summed E-state index contributed by atoms with van der Waals surface area (Å²) in [5.74, 6) is -1.01. The number of nitrogens with one attached hydrogen (secondary N) is 1. The minimum Gasteiger partial charge on any atom is -0.494 e. The third-order valence-corrected chi connectivity index (χ3v) is 8.84. The smallest absolute Gasteiger partial charge is 0.410 e. The van der Waals surface area contributed by atoms with E-state index in [0.717, 1.165) is 24.0 Å². The lowest BCUT2D eigenvalue weighted by Crippen LogP contribution is -2.48. The normalized spacial score (nSPS) is 16.7. The van der Waals surface area contributed by atoms with E-state index in [9.17, 15) is 14.9 Å². The zero-order valence-corrected chi connectivity index (χ0v) is 29.1. The standard InChI is InChI=1S/C38H45ClFN3O5/c1-6-7-21-47-37(45)43(29-17-15-28(16-18-29)42-36(44)48-38(2,3)4)24-31(25-11-9-8-10-12-25)26-13-19-32(39)30(22-26)34-27(23-41)14-20-33(46-5)35(34)40/h8-14,19-20,22,28-29,31H,6-7,15-18,21,24H2,1-5H3,(H,42,44). The number of hydrogen-bond acceptors (Lipinski definition) is 6. The molecule has 256 valence electrons. The minimum atomic E-state index is -0.676. The number of nitrogens with zero attached hydrogens (tertiary/aromatic N) is 2. The molecule has 1 saturated carbocycles. The topological polar surface area (TPSA) is 101 Å². The van der Waals surface area contributed by atoms with Crippen molar-refractivity contribution in [1.82, 2.24) is 10.2 Å². The van der Waals surface area contributed by atoms with E-state index < -0.39 is 23.6 Å². The number of amides is 2. The Bertz CT molecular complexity index is 1600. The molecule has 48 heavy (non-hydrogen) atoms. The van der Waals surface area contributed by atoms with E-state index in [4.69, 9.17) is 25.8 Å². The van der Waals surface area contributed by atoms with Crippen molar-refractivity contribution in [3.63, 3.8) is 0 Å². The molecule has 0 aliphatic heterocycles. The molecular formula is C38H45ClFN3O5. The number of carbonyl (C=O) groups excluding carboxylic acids is 2. The largest absolute Gasteiger partial charge is 0.494 e. The number of ether oxygens (including phenoxy) is 3. The summed E-state index contributed by atoms with van der Waals surface area (Å²) in [5.41, 5.74) is 1.68. The van der Waals surface area contributed by atoms with Crippen molar-refractivity contribution in [3.05, 3.63) is 88.2 Å². The van der Waals surface area contributed by atoms with Crippen molar-refractivity contribution in [2.75, 3.05) is 20.3 Å². The molecule has 8 nitrogen and oxygen atoms in total. The van der Waals surface area contributed by atoms with Gasteiger partial charge in [0, 0.05) is 40.7 Å². The predicted octanol–water partition coefficient (Wildman–Crippen LogP) is 9.23. The van der Waals surface area contributed by atoms with Gasteiger partial charge in [-0.25, -0.2) is 14.0 Å². The number of carbonyl (C=O) groups is 2. The van der Waals surface area contributed by atoms with Crippen LogP contribution >= 0.6 is 11.6 Å². The maximum absolute atomic E-state index is 15.7. The Kier molecular flexibility index (Phi) is 12.7. The molecule has 10 heteroatoms. The lowest BCUT2D eigenvalue weighted by atomic mass is 9.86. The van der Waals surface area contributed by atoms with Crippen LogP contribution in [-0.2, 0) is 9.47 Å². The second-order valence-corrected chi connectivity index (χ2v) is 13.5. The number of nitriles is 1. The highest BCUT2D eigenvalue weighted by Crippen LogP contribution is 2.39. The third-order valence-electron chi connectivity index (χ3n) is 8.51. The van der Waals surface area contributed by atoms with Crippen LogP contribution in [0.3, 0.4) is 0 Å². The van der Waals surface area contributed by atoms with E-state index in [1.54, 1.807) is 17.0 Å². The summed E-state index contributed by atoms with van der Waals surface area (Å²) in [6.45, 7) is 8.12. The van der Waals surface area contributed by atoms with Crippen molar-refractivity contribution in [3.8, 4) is 22.9 Å². The van der Waals surface area contributed by atoms with Crippen LogP contribution in [0.5, 0.6) is 5.75 Å². The Hall–Kier alpha value is -4.29. The molecule has 3 aromatic rings. The molecular weight excluding hydrogens is 633 g/mol. The minimum absolute atomic E-state index is 0.00263. The zero-order valence-electron chi connectivity index (χ0n) is 28.4. The fourth-order valence-corrected chi connectivity index (χ4v) is 6.29. The average Bonchev–Trinajstić information content (AvgIpc) is 3.06. The van der Waals surface area contributed by atoms with Crippen LogP contribution in [0.25, 0.3) is 11.1 Å². The first kappa shape index (κ1) is 36.5. The van der Waals surface area contributed by atoms with Crippen LogP contribution in [0.4, 0.5) is 14.0 Å². The molecule has 1 fully saturated rings. The summed E-state index contributed by atoms with van der Waals surface area (Å²) >= 11 is 6.67. The number of halogens is 2. The van der Waals surface area contributed by atoms with E-state index in [2.05, 4.69) is 11.4 Å². The summed E-state index contributed by atoms with van der Waals surface area (Å²) in [6, 6.07) is 20.0. The van der Waals surface area contributed by atoms with E-state index in [-0.39, 0.29) is 46.4 Å². The average molecular weight is 678 g/mol. The van der Waals surface area contributed by atoms with E-state index in [1.807, 2.05) is 64.1 Å². The van der Waals surface area contributed by atoms with Crippen molar-refractivity contribution in [2.45, 2.75) is 89.8 Å². The predicted molar refractivity (Wildman–Crippen MR) is 185 cm³/mol. The summed E-state index contributed by atoms with van der Waals surface area (Å²) in [5, 5.41) is 13.1. The van der Waals surface area contributed by atoms with Crippen LogP contribution in [0.1, 0.15) is 88.8 Å². The van der Waals surface area contributed by atoms with Gasteiger partial charge in [0.1, 0.15) is 5.60 Å². The van der Waals surface area contributed by atoms with Crippen molar-refractivity contribution >= 4 is 23.8 Å². The van der Waals surface area contributed by atoms with E-state index in [1.165, 1.54) is 19.2 Å². The van der Waals surface area contributed by atoms with Gasteiger partial charge in [0.25, 0.3) is 0 Å². The van der Waals surface area contributed by atoms with Gasteiger partial charge in [-0.3, -0.25) is 0 Å². The fraction of sp³-hybridized carbons (Fsp3) is 0.447. The number of alkyl carbamates (subject to hydrolysis) is 1. The Balaban J connectivity index is 1.69. The molecule has 3 aromatic carbocycles. The van der Waals surface area contributed by atoms with Gasteiger partial charge in [-0.05, 0) is 88.3 Å². The maximum atomic E-state index is 15.7. The van der Waals surface area contributed by atoms with Gasteiger partial charge < -0.3 is 24.4 Å². The summed E-state index contributed by atoms with van der Waals surface area (Å²) in [7, 11) is 1.37. The fourth-order valence-electron chi connectivity index (χ4n) is 6.07. The number of benzene rings is 3. The lowest BCUT2D eigenvalue weighted by Gasteiger charge is -2.38. The van der Waals surface area contributed by atoms with Crippen LogP contribution < -0.4 is 10.1 Å². The van der Waals surface area contributed by atoms with Gasteiger partial charge in [-0.2, -0.15) is 5.26 Å². The second kappa shape index (κ2) is 16.7.